The summed E-state index contributed by atoms with van der Waals surface area (Å²) in [6.07, 6.45) is 9.14. The Labute approximate surface area is 142 Å². The minimum Gasteiger partial charge on any atom is -0.447 e. The number of ether oxygens (including phenoxy) is 1. The van der Waals surface area contributed by atoms with Crippen LogP contribution in [0.3, 0.4) is 0 Å². The van der Waals surface area contributed by atoms with E-state index in [-0.39, 0.29) is 18.1 Å². The maximum atomic E-state index is 12.2. The van der Waals surface area contributed by atoms with E-state index in [4.69, 9.17) is 4.74 Å². The van der Waals surface area contributed by atoms with Crippen LogP contribution in [0.4, 0.5) is 4.79 Å². The van der Waals surface area contributed by atoms with Gasteiger partial charge in [0.1, 0.15) is 5.82 Å². The van der Waals surface area contributed by atoms with Gasteiger partial charge in [-0.25, -0.2) is 9.78 Å². The summed E-state index contributed by atoms with van der Waals surface area (Å²) in [6.45, 7) is 5.94. The summed E-state index contributed by atoms with van der Waals surface area (Å²) in [5.74, 6) is 1.28. The molecule has 2 aromatic heterocycles. The molecule has 0 radical (unpaired) electrons. The summed E-state index contributed by atoms with van der Waals surface area (Å²) in [5.41, 5.74) is 1.19. The molecule has 24 heavy (non-hydrogen) atoms. The van der Waals surface area contributed by atoms with Crippen molar-refractivity contribution in [2.75, 3.05) is 13.1 Å². The number of imidazole rings is 1. The van der Waals surface area contributed by atoms with E-state index in [1.165, 1.54) is 5.56 Å². The van der Waals surface area contributed by atoms with Crippen molar-refractivity contribution in [2.45, 2.75) is 45.3 Å². The van der Waals surface area contributed by atoms with Gasteiger partial charge in [-0.15, -0.1) is 0 Å². The number of aromatic nitrogens is 3. The van der Waals surface area contributed by atoms with Crippen LogP contribution < -0.4 is 0 Å². The molecule has 0 aliphatic carbocycles. The van der Waals surface area contributed by atoms with Crippen LogP contribution in [0, 0.1) is 0 Å². The SMILES string of the molecule is CC(C)OC(=O)N1CCC[C@@H](c2nccn2Cc2ccncc2)C1. The van der Waals surface area contributed by atoms with Gasteiger partial charge < -0.3 is 14.2 Å². The summed E-state index contributed by atoms with van der Waals surface area (Å²) in [6, 6.07) is 4.02. The third-order valence-electron chi connectivity index (χ3n) is 4.23. The number of carbonyl (C=O) groups is 1. The van der Waals surface area contributed by atoms with Gasteiger partial charge in [-0.3, -0.25) is 4.98 Å². The number of rotatable bonds is 4. The van der Waals surface area contributed by atoms with Gasteiger partial charge in [-0.2, -0.15) is 0 Å². The lowest BCUT2D eigenvalue weighted by Crippen LogP contribution is -2.40. The van der Waals surface area contributed by atoms with Crippen LogP contribution >= 0.6 is 0 Å². The second kappa shape index (κ2) is 7.47. The summed E-state index contributed by atoms with van der Waals surface area (Å²) in [7, 11) is 0. The molecule has 1 fully saturated rings. The first-order valence-corrected chi connectivity index (χ1v) is 8.49. The number of hydrogen-bond donors (Lipinski definition) is 0. The fourth-order valence-corrected chi connectivity index (χ4v) is 3.13. The molecule has 1 amide bonds. The Hall–Kier alpha value is -2.37. The number of carbonyl (C=O) groups excluding carboxylic acids is 1. The van der Waals surface area contributed by atoms with E-state index in [0.29, 0.717) is 6.54 Å². The molecule has 1 aliphatic heterocycles. The van der Waals surface area contributed by atoms with Gasteiger partial charge in [0.05, 0.1) is 6.10 Å². The standard InChI is InChI=1S/C18H24N4O2/c1-14(2)24-18(23)22-10-3-4-16(13-22)17-20-9-11-21(17)12-15-5-7-19-8-6-15/h5-9,11,14,16H,3-4,10,12-13H2,1-2H3/t16-/m1/s1. The Balaban J connectivity index is 1.70. The van der Waals surface area contributed by atoms with Crippen molar-refractivity contribution >= 4 is 6.09 Å². The molecule has 3 heterocycles. The smallest absolute Gasteiger partial charge is 0.410 e. The van der Waals surface area contributed by atoms with Gasteiger partial charge in [0.2, 0.25) is 0 Å². The van der Waals surface area contributed by atoms with Gasteiger partial charge in [0.15, 0.2) is 0 Å². The van der Waals surface area contributed by atoms with E-state index in [1.54, 1.807) is 17.3 Å². The monoisotopic (exact) mass is 328 g/mol. The van der Waals surface area contributed by atoms with Gasteiger partial charge >= 0.3 is 6.09 Å². The van der Waals surface area contributed by atoms with Crippen LogP contribution in [-0.2, 0) is 11.3 Å². The first-order valence-electron chi connectivity index (χ1n) is 8.49. The summed E-state index contributed by atoms with van der Waals surface area (Å²) in [4.78, 5) is 22.6. The minimum absolute atomic E-state index is 0.0912. The zero-order valence-electron chi connectivity index (χ0n) is 14.3. The molecule has 0 N–H and O–H groups in total. The third kappa shape index (κ3) is 3.93. The molecule has 1 saturated heterocycles. The molecular weight excluding hydrogens is 304 g/mol. The van der Waals surface area contributed by atoms with E-state index in [2.05, 4.69) is 14.5 Å². The highest BCUT2D eigenvalue weighted by Crippen LogP contribution is 2.26. The molecule has 6 heteroatoms. The van der Waals surface area contributed by atoms with E-state index in [0.717, 1.165) is 31.8 Å². The minimum atomic E-state index is -0.220. The molecule has 0 unspecified atom stereocenters. The Bertz CT molecular complexity index is 669. The lowest BCUT2D eigenvalue weighted by atomic mass is 9.97. The zero-order chi connectivity index (χ0) is 16.9. The van der Waals surface area contributed by atoms with Crippen molar-refractivity contribution in [3.63, 3.8) is 0 Å². The van der Waals surface area contributed by atoms with Gasteiger partial charge in [0, 0.05) is 50.3 Å². The van der Waals surface area contributed by atoms with Crippen molar-refractivity contribution in [2.24, 2.45) is 0 Å². The molecule has 3 rings (SSSR count). The van der Waals surface area contributed by atoms with Crippen molar-refractivity contribution in [3.8, 4) is 0 Å². The molecule has 1 aliphatic rings. The number of hydrogen-bond acceptors (Lipinski definition) is 4. The van der Waals surface area contributed by atoms with Crippen LogP contribution in [0.15, 0.2) is 36.9 Å². The maximum Gasteiger partial charge on any atom is 0.410 e. The normalized spacial score (nSPS) is 18.0. The second-order valence-corrected chi connectivity index (χ2v) is 6.49. The fourth-order valence-electron chi connectivity index (χ4n) is 3.13. The van der Waals surface area contributed by atoms with Crippen LogP contribution in [0.5, 0.6) is 0 Å². The van der Waals surface area contributed by atoms with Crippen molar-refractivity contribution in [1.82, 2.24) is 19.4 Å². The first-order chi connectivity index (χ1) is 11.6. The molecule has 1 atom stereocenters. The van der Waals surface area contributed by atoms with Crippen LogP contribution in [0.1, 0.15) is 44.0 Å². The summed E-state index contributed by atoms with van der Waals surface area (Å²) < 4.78 is 7.50. The highest BCUT2D eigenvalue weighted by atomic mass is 16.6. The average molecular weight is 328 g/mol. The number of piperidine rings is 1. The number of pyridine rings is 1. The van der Waals surface area contributed by atoms with E-state index < -0.39 is 0 Å². The fraction of sp³-hybridized carbons (Fsp3) is 0.500. The lowest BCUT2D eigenvalue weighted by Gasteiger charge is -2.32. The van der Waals surface area contributed by atoms with Crippen molar-refractivity contribution in [3.05, 3.63) is 48.3 Å². The Morgan fingerprint density at radius 1 is 1.33 bits per heavy atom. The largest absolute Gasteiger partial charge is 0.447 e. The average Bonchev–Trinajstić information content (AvgIpc) is 3.03. The highest BCUT2D eigenvalue weighted by Gasteiger charge is 2.28. The van der Waals surface area contributed by atoms with Gasteiger partial charge in [0.25, 0.3) is 0 Å². The molecular formula is C18H24N4O2. The molecule has 6 nitrogen and oxygen atoms in total. The number of likely N-dealkylation sites (tertiary alicyclic amines) is 1. The van der Waals surface area contributed by atoms with Crippen molar-refractivity contribution < 1.29 is 9.53 Å². The molecule has 0 aromatic carbocycles. The summed E-state index contributed by atoms with van der Waals surface area (Å²) in [5, 5.41) is 0. The molecule has 0 bridgehead atoms. The lowest BCUT2D eigenvalue weighted by molar-refractivity contribution is 0.0675. The van der Waals surface area contributed by atoms with Crippen LogP contribution in [0.25, 0.3) is 0 Å². The number of amides is 1. The van der Waals surface area contributed by atoms with E-state index >= 15 is 0 Å². The third-order valence-corrected chi connectivity index (χ3v) is 4.23. The summed E-state index contributed by atoms with van der Waals surface area (Å²) >= 11 is 0. The number of nitrogens with zero attached hydrogens (tertiary/aromatic N) is 4. The topological polar surface area (TPSA) is 60.2 Å². The molecule has 128 valence electrons. The first kappa shape index (κ1) is 16.5. The van der Waals surface area contributed by atoms with E-state index in [9.17, 15) is 4.79 Å². The highest BCUT2D eigenvalue weighted by molar-refractivity contribution is 5.68. The zero-order valence-corrected chi connectivity index (χ0v) is 14.3. The quantitative estimate of drug-likeness (QED) is 0.865. The molecule has 0 saturated carbocycles. The predicted octanol–water partition coefficient (Wildman–Crippen LogP) is 3.05. The predicted molar refractivity (Wildman–Crippen MR) is 90.7 cm³/mol. The van der Waals surface area contributed by atoms with Crippen LogP contribution in [0.2, 0.25) is 0 Å². The van der Waals surface area contributed by atoms with Gasteiger partial charge in [-0.05, 0) is 44.4 Å². The Morgan fingerprint density at radius 2 is 2.12 bits per heavy atom. The second-order valence-electron chi connectivity index (χ2n) is 6.49. The Kier molecular flexibility index (Phi) is 5.13. The van der Waals surface area contributed by atoms with Gasteiger partial charge in [-0.1, -0.05) is 0 Å². The molecule has 0 spiro atoms. The Morgan fingerprint density at radius 3 is 2.88 bits per heavy atom. The van der Waals surface area contributed by atoms with Crippen molar-refractivity contribution in [1.29, 1.82) is 0 Å². The maximum absolute atomic E-state index is 12.2. The van der Waals surface area contributed by atoms with Crippen LogP contribution in [-0.4, -0.2) is 44.7 Å². The molecule has 2 aromatic rings. The van der Waals surface area contributed by atoms with E-state index in [1.807, 2.05) is 38.4 Å².